The summed E-state index contributed by atoms with van der Waals surface area (Å²) in [5, 5.41) is 0. The Morgan fingerprint density at radius 2 is 2.04 bits per heavy atom. The number of rotatable bonds is 3. The third kappa shape index (κ3) is 4.26. The number of aryl methyl sites for hydroxylation is 1. The molecule has 0 spiro atoms. The van der Waals surface area contributed by atoms with Gasteiger partial charge in [-0.25, -0.2) is 4.99 Å². The van der Waals surface area contributed by atoms with Crippen LogP contribution in [0.3, 0.4) is 0 Å². The van der Waals surface area contributed by atoms with Gasteiger partial charge in [-0.2, -0.15) is 13.2 Å². The van der Waals surface area contributed by atoms with Gasteiger partial charge in [0.2, 0.25) is 5.96 Å². The number of nitrogens with zero attached hydrogens (tertiary/aromatic N) is 2. The molecule has 23 heavy (non-hydrogen) atoms. The Balaban J connectivity index is 2.30. The third-order valence-electron chi connectivity index (χ3n) is 3.23. The van der Waals surface area contributed by atoms with Crippen molar-refractivity contribution in [3.8, 4) is 0 Å². The van der Waals surface area contributed by atoms with Gasteiger partial charge < -0.3 is 10.6 Å². The van der Waals surface area contributed by atoms with Crippen LogP contribution in [0.2, 0.25) is 0 Å². The number of halogens is 4. The van der Waals surface area contributed by atoms with Crippen molar-refractivity contribution >= 4 is 44.6 Å². The van der Waals surface area contributed by atoms with Crippen molar-refractivity contribution in [2.24, 2.45) is 10.7 Å². The zero-order valence-electron chi connectivity index (χ0n) is 12.5. The van der Waals surface area contributed by atoms with Crippen LogP contribution in [-0.2, 0) is 12.6 Å². The number of guanidine groups is 1. The summed E-state index contributed by atoms with van der Waals surface area (Å²) in [5.74, 6) is 0.116. The molecular formula is C15H15BrF3N3S. The minimum atomic E-state index is -4.39. The van der Waals surface area contributed by atoms with Gasteiger partial charge in [0.05, 0.1) is 9.47 Å². The first-order valence-electron chi connectivity index (χ1n) is 6.75. The molecule has 1 aromatic carbocycles. The molecule has 0 saturated heterocycles. The van der Waals surface area contributed by atoms with Crippen molar-refractivity contribution in [2.45, 2.75) is 19.5 Å². The highest BCUT2D eigenvalue weighted by Gasteiger charge is 2.33. The minimum absolute atomic E-state index is 0.116. The average Bonchev–Trinajstić information content (AvgIpc) is 2.87. The van der Waals surface area contributed by atoms with E-state index in [1.165, 1.54) is 0 Å². The summed E-state index contributed by atoms with van der Waals surface area (Å²) >= 11 is 3.69. The van der Waals surface area contributed by atoms with Gasteiger partial charge >= 0.3 is 6.18 Å². The molecule has 2 N–H and O–H groups in total. The second-order valence-electron chi connectivity index (χ2n) is 4.82. The molecule has 0 amide bonds. The lowest BCUT2D eigenvalue weighted by atomic mass is 10.1. The lowest BCUT2D eigenvalue weighted by molar-refractivity contribution is -0.134. The zero-order chi connectivity index (χ0) is 17.2. The molecule has 0 unspecified atom stereocenters. The van der Waals surface area contributed by atoms with E-state index in [9.17, 15) is 13.2 Å². The van der Waals surface area contributed by atoms with E-state index in [1.807, 2.05) is 31.2 Å². The second-order valence-corrected chi connectivity index (χ2v) is 7.19. The summed E-state index contributed by atoms with van der Waals surface area (Å²) in [5.41, 5.74) is 8.07. The Kier molecular flexibility index (Phi) is 5.36. The quantitative estimate of drug-likeness (QED) is 0.564. The second kappa shape index (κ2) is 6.92. The molecule has 0 saturated carbocycles. The van der Waals surface area contributed by atoms with Gasteiger partial charge in [-0.05, 0) is 46.1 Å². The van der Waals surface area contributed by atoms with E-state index < -0.39 is 11.1 Å². The van der Waals surface area contributed by atoms with Gasteiger partial charge in [-0.1, -0.05) is 19.1 Å². The summed E-state index contributed by atoms with van der Waals surface area (Å²) in [4.78, 5) is 5.03. The summed E-state index contributed by atoms with van der Waals surface area (Å²) < 4.78 is 38.5. The molecule has 1 heterocycles. The van der Waals surface area contributed by atoms with Crippen molar-refractivity contribution in [3.63, 3.8) is 0 Å². The monoisotopic (exact) mass is 405 g/mol. The highest BCUT2D eigenvalue weighted by atomic mass is 79.9. The van der Waals surface area contributed by atoms with Gasteiger partial charge in [-0.3, -0.25) is 0 Å². The number of benzene rings is 1. The fourth-order valence-electron chi connectivity index (χ4n) is 1.89. The predicted molar refractivity (Wildman–Crippen MR) is 92.5 cm³/mol. The van der Waals surface area contributed by atoms with Crippen LogP contribution in [0, 0.1) is 0 Å². The Bertz CT molecular complexity index is 725. The molecule has 0 aliphatic carbocycles. The Morgan fingerprint density at radius 3 is 2.61 bits per heavy atom. The lowest BCUT2D eigenvalue weighted by Gasteiger charge is -2.18. The van der Waals surface area contributed by atoms with Crippen LogP contribution in [0.1, 0.15) is 17.4 Å². The smallest absolute Gasteiger partial charge is 0.369 e. The maximum absolute atomic E-state index is 12.7. The first-order chi connectivity index (χ1) is 10.7. The number of nitrogens with two attached hydrogens (primary N) is 1. The number of alkyl halides is 3. The first kappa shape index (κ1) is 17.8. The van der Waals surface area contributed by atoms with Gasteiger partial charge in [0.25, 0.3) is 0 Å². The Hall–Kier alpha value is -1.54. The number of aliphatic imine (C=N–C) groups is 1. The van der Waals surface area contributed by atoms with E-state index in [0.29, 0.717) is 15.1 Å². The maximum Gasteiger partial charge on any atom is 0.425 e. The molecule has 0 fully saturated rings. The van der Waals surface area contributed by atoms with Crippen molar-refractivity contribution in [1.29, 1.82) is 0 Å². The van der Waals surface area contributed by atoms with Gasteiger partial charge in [0.15, 0.2) is 0 Å². The van der Waals surface area contributed by atoms with E-state index >= 15 is 0 Å². The molecule has 0 atom stereocenters. The van der Waals surface area contributed by atoms with Gasteiger partial charge in [-0.15, -0.1) is 11.3 Å². The minimum Gasteiger partial charge on any atom is -0.369 e. The largest absolute Gasteiger partial charge is 0.425 e. The SMILES string of the molecule is CCc1cccc(N(C)C(N)=Nc2cc(C(F)(F)F)sc2Br)c1. The molecule has 8 heteroatoms. The maximum atomic E-state index is 12.7. The molecule has 2 rings (SSSR count). The van der Waals surface area contributed by atoms with Crippen LogP contribution in [0.5, 0.6) is 0 Å². The highest BCUT2D eigenvalue weighted by molar-refractivity contribution is 9.11. The number of hydrogen-bond donors (Lipinski definition) is 1. The van der Waals surface area contributed by atoms with Crippen molar-refractivity contribution in [1.82, 2.24) is 0 Å². The van der Waals surface area contributed by atoms with Crippen LogP contribution >= 0.6 is 27.3 Å². The van der Waals surface area contributed by atoms with E-state index in [4.69, 9.17) is 5.73 Å². The number of hydrogen-bond acceptors (Lipinski definition) is 2. The summed E-state index contributed by atoms with van der Waals surface area (Å²) in [6.45, 7) is 2.04. The van der Waals surface area contributed by atoms with Crippen molar-refractivity contribution < 1.29 is 13.2 Å². The Morgan fingerprint density at radius 1 is 1.35 bits per heavy atom. The molecular weight excluding hydrogens is 391 g/mol. The molecule has 0 bridgehead atoms. The summed E-state index contributed by atoms with van der Waals surface area (Å²) in [7, 11) is 1.72. The number of anilines is 1. The average molecular weight is 406 g/mol. The predicted octanol–water partition coefficient (Wildman–Crippen LogP) is 5.17. The van der Waals surface area contributed by atoms with Gasteiger partial charge in [0, 0.05) is 12.7 Å². The van der Waals surface area contributed by atoms with Crippen LogP contribution in [0.15, 0.2) is 39.1 Å². The van der Waals surface area contributed by atoms with Crippen LogP contribution in [0.4, 0.5) is 24.5 Å². The van der Waals surface area contributed by atoms with E-state index in [0.717, 1.165) is 23.7 Å². The summed E-state index contributed by atoms with van der Waals surface area (Å²) in [6.07, 6.45) is -3.51. The van der Waals surface area contributed by atoms with E-state index in [1.54, 1.807) is 11.9 Å². The van der Waals surface area contributed by atoms with Gasteiger partial charge in [0.1, 0.15) is 4.88 Å². The first-order valence-corrected chi connectivity index (χ1v) is 8.36. The van der Waals surface area contributed by atoms with Crippen molar-refractivity contribution in [3.05, 3.63) is 44.6 Å². The fraction of sp³-hybridized carbons (Fsp3) is 0.267. The van der Waals surface area contributed by atoms with E-state index in [2.05, 4.69) is 20.9 Å². The third-order valence-corrected chi connectivity index (χ3v) is 5.08. The topological polar surface area (TPSA) is 41.6 Å². The fourth-order valence-corrected chi connectivity index (χ4v) is 3.31. The molecule has 2 aromatic rings. The summed E-state index contributed by atoms with van der Waals surface area (Å²) in [6, 6.07) is 8.71. The van der Waals surface area contributed by atoms with E-state index in [-0.39, 0.29) is 11.6 Å². The highest BCUT2D eigenvalue weighted by Crippen LogP contribution is 2.42. The molecule has 3 nitrogen and oxygen atoms in total. The van der Waals surface area contributed by atoms with Crippen LogP contribution in [-0.4, -0.2) is 13.0 Å². The zero-order valence-corrected chi connectivity index (χ0v) is 14.9. The molecule has 124 valence electrons. The lowest BCUT2D eigenvalue weighted by Crippen LogP contribution is -2.33. The molecule has 0 radical (unpaired) electrons. The molecule has 1 aromatic heterocycles. The standard InChI is InChI=1S/C15H15BrF3N3S/c1-3-9-5-4-6-10(7-9)22(2)14(20)21-11-8-12(15(17,18)19)23-13(11)16/h4-8H,3H2,1-2H3,(H2,20,21). The normalized spacial score (nSPS) is 12.5. The van der Waals surface area contributed by atoms with Crippen LogP contribution in [0.25, 0.3) is 0 Å². The molecule has 0 aliphatic rings. The van der Waals surface area contributed by atoms with Crippen LogP contribution < -0.4 is 10.6 Å². The number of thiophene rings is 1. The molecule has 0 aliphatic heterocycles. The van der Waals surface area contributed by atoms with Crippen molar-refractivity contribution in [2.75, 3.05) is 11.9 Å². The Labute approximate surface area is 144 Å².